The Morgan fingerprint density at radius 2 is 2.60 bits per heavy atom. The molecular formula is C6H7N3O. The molecule has 0 aliphatic carbocycles. The standard InChI is InChI=1S/C6H7N3O/c1-3-9(5-7-1)6-8-2-4-10-6/h1,3,5H,2,4H2. The van der Waals surface area contributed by atoms with E-state index < -0.39 is 0 Å². The zero-order valence-electron chi connectivity index (χ0n) is 5.40. The molecule has 4 nitrogen and oxygen atoms in total. The van der Waals surface area contributed by atoms with Gasteiger partial charge in [-0.2, -0.15) is 0 Å². The smallest absolute Gasteiger partial charge is 0.297 e. The van der Waals surface area contributed by atoms with Crippen molar-refractivity contribution in [2.45, 2.75) is 0 Å². The van der Waals surface area contributed by atoms with Gasteiger partial charge in [0.1, 0.15) is 12.9 Å². The first-order valence-electron chi connectivity index (χ1n) is 3.12. The lowest BCUT2D eigenvalue weighted by molar-refractivity contribution is 0.334. The van der Waals surface area contributed by atoms with Crippen LogP contribution in [0.4, 0.5) is 0 Å². The van der Waals surface area contributed by atoms with Crippen LogP contribution in [-0.2, 0) is 4.74 Å². The van der Waals surface area contributed by atoms with Crippen molar-refractivity contribution in [2.75, 3.05) is 13.2 Å². The molecular weight excluding hydrogens is 130 g/mol. The predicted molar refractivity (Wildman–Crippen MR) is 35.9 cm³/mol. The first-order chi connectivity index (χ1) is 4.97. The summed E-state index contributed by atoms with van der Waals surface area (Å²) in [5.74, 6) is 0. The van der Waals surface area contributed by atoms with Gasteiger partial charge in [-0.3, -0.25) is 4.57 Å². The van der Waals surface area contributed by atoms with E-state index in [4.69, 9.17) is 4.74 Å². The summed E-state index contributed by atoms with van der Waals surface area (Å²) in [6.07, 6.45) is 5.18. The minimum absolute atomic E-state index is 0.650. The van der Waals surface area contributed by atoms with Gasteiger partial charge in [-0.05, 0) is 0 Å². The molecule has 0 amide bonds. The maximum Gasteiger partial charge on any atom is 0.297 e. The van der Waals surface area contributed by atoms with Crippen molar-refractivity contribution in [3.8, 4) is 0 Å². The van der Waals surface area contributed by atoms with E-state index in [0.29, 0.717) is 12.6 Å². The van der Waals surface area contributed by atoms with Crippen LogP contribution in [0.15, 0.2) is 23.7 Å². The van der Waals surface area contributed by atoms with Crippen LogP contribution in [0.5, 0.6) is 0 Å². The van der Waals surface area contributed by atoms with Gasteiger partial charge < -0.3 is 4.74 Å². The summed E-state index contributed by atoms with van der Waals surface area (Å²) >= 11 is 0. The van der Waals surface area contributed by atoms with Crippen LogP contribution in [-0.4, -0.2) is 28.7 Å². The summed E-state index contributed by atoms with van der Waals surface area (Å²) < 4.78 is 6.93. The van der Waals surface area contributed by atoms with Gasteiger partial charge in [-0.1, -0.05) is 0 Å². The fourth-order valence-electron chi connectivity index (χ4n) is 0.852. The highest BCUT2D eigenvalue weighted by molar-refractivity contribution is 5.77. The van der Waals surface area contributed by atoms with E-state index in [9.17, 15) is 0 Å². The highest BCUT2D eigenvalue weighted by atomic mass is 16.5. The third kappa shape index (κ3) is 0.775. The normalized spacial score (nSPS) is 16.6. The van der Waals surface area contributed by atoms with E-state index in [1.54, 1.807) is 17.1 Å². The maximum atomic E-state index is 5.17. The molecule has 0 saturated carbocycles. The number of hydrogen-bond acceptors (Lipinski definition) is 3. The summed E-state index contributed by atoms with van der Waals surface area (Å²) in [6.45, 7) is 1.45. The Morgan fingerprint density at radius 3 is 3.20 bits per heavy atom. The van der Waals surface area contributed by atoms with Crippen LogP contribution in [0.25, 0.3) is 0 Å². The summed E-state index contributed by atoms with van der Waals surface area (Å²) in [4.78, 5) is 7.96. The summed E-state index contributed by atoms with van der Waals surface area (Å²) in [5.41, 5.74) is 0. The fraction of sp³-hybridized carbons (Fsp3) is 0.333. The Bertz CT molecular complexity index is 240. The second kappa shape index (κ2) is 2.13. The number of hydrogen-bond donors (Lipinski definition) is 0. The molecule has 2 rings (SSSR count). The molecule has 52 valence electrons. The Morgan fingerprint density at radius 1 is 1.60 bits per heavy atom. The molecule has 0 fully saturated rings. The van der Waals surface area contributed by atoms with E-state index >= 15 is 0 Å². The van der Waals surface area contributed by atoms with Crippen LogP contribution < -0.4 is 0 Å². The molecule has 0 saturated heterocycles. The highest BCUT2D eigenvalue weighted by Gasteiger charge is 2.07. The number of nitrogens with zero attached hydrogens (tertiary/aromatic N) is 3. The Balaban J connectivity index is 2.28. The number of imidazole rings is 1. The third-order valence-corrected chi connectivity index (χ3v) is 1.29. The molecule has 1 aromatic heterocycles. The number of ether oxygens (including phenoxy) is 1. The van der Waals surface area contributed by atoms with Gasteiger partial charge in [-0.25, -0.2) is 9.98 Å². The minimum Gasteiger partial charge on any atom is -0.463 e. The van der Waals surface area contributed by atoms with Gasteiger partial charge in [0, 0.05) is 12.4 Å². The van der Waals surface area contributed by atoms with Gasteiger partial charge in [0.2, 0.25) is 0 Å². The van der Waals surface area contributed by atoms with Crippen LogP contribution in [0.2, 0.25) is 0 Å². The Kier molecular flexibility index (Phi) is 1.16. The lowest BCUT2D eigenvalue weighted by Gasteiger charge is -1.98. The molecule has 0 bridgehead atoms. The van der Waals surface area contributed by atoms with Crippen LogP contribution >= 0.6 is 0 Å². The zero-order valence-corrected chi connectivity index (χ0v) is 5.40. The second-order valence-corrected chi connectivity index (χ2v) is 1.98. The van der Waals surface area contributed by atoms with Gasteiger partial charge in [-0.15, -0.1) is 0 Å². The quantitative estimate of drug-likeness (QED) is 0.509. The highest BCUT2D eigenvalue weighted by Crippen LogP contribution is 1.96. The molecule has 0 N–H and O–H groups in total. The van der Waals surface area contributed by atoms with Crippen LogP contribution in [0.3, 0.4) is 0 Å². The summed E-state index contributed by atoms with van der Waals surface area (Å²) in [5, 5.41) is 0. The molecule has 0 unspecified atom stereocenters. The molecule has 4 heteroatoms. The van der Waals surface area contributed by atoms with Crippen molar-refractivity contribution in [1.82, 2.24) is 9.55 Å². The minimum atomic E-state index is 0.650. The lowest BCUT2D eigenvalue weighted by Crippen LogP contribution is -2.09. The monoisotopic (exact) mass is 137 g/mol. The first kappa shape index (κ1) is 5.46. The van der Waals surface area contributed by atoms with E-state index in [1.165, 1.54) is 0 Å². The van der Waals surface area contributed by atoms with Gasteiger partial charge in [0.25, 0.3) is 6.02 Å². The SMILES string of the molecule is c1cn(C2=NCCO2)cn1. The van der Waals surface area contributed by atoms with Crippen LogP contribution in [0, 0.1) is 0 Å². The van der Waals surface area contributed by atoms with Crippen molar-refractivity contribution < 1.29 is 4.74 Å². The summed E-state index contributed by atoms with van der Waals surface area (Å²) in [7, 11) is 0. The molecule has 0 radical (unpaired) electrons. The molecule has 10 heavy (non-hydrogen) atoms. The topological polar surface area (TPSA) is 39.4 Å². The summed E-state index contributed by atoms with van der Waals surface area (Å²) in [6, 6.07) is 0.650. The first-order valence-corrected chi connectivity index (χ1v) is 3.12. The van der Waals surface area contributed by atoms with Crippen molar-refractivity contribution >= 4 is 6.02 Å². The molecule has 0 atom stereocenters. The predicted octanol–water partition coefficient (Wildman–Crippen LogP) is 0.117. The van der Waals surface area contributed by atoms with Crippen molar-refractivity contribution in [3.05, 3.63) is 18.7 Å². The molecule has 0 aromatic carbocycles. The molecule has 1 aromatic rings. The average Bonchev–Trinajstić information content (AvgIpc) is 2.59. The van der Waals surface area contributed by atoms with Crippen molar-refractivity contribution in [2.24, 2.45) is 4.99 Å². The van der Waals surface area contributed by atoms with Crippen LogP contribution in [0.1, 0.15) is 0 Å². The fourth-order valence-corrected chi connectivity index (χ4v) is 0.852. The molecule has 1 aliphatic rings. The van der Waals surface area contributed by atoms with Gasteiger partial charge in [0.05, 0.1) is 6.54 Å². The maximum absolute atomic E-state index is 5.17. The van der Waals surface area contributed by atoms with E-state index in [2.05, 4.69) is 9.98 Å². The van der Waals surface area contributed by atoms with Crippen molar-refractivity contribution in [1.29, 1.82) is 0 Å². The Labute approximate surface area is 58.2 Å². The average molecular weight is 137 g/mol. The molecule has 2 heterocycles. The number of rotatable bonds is 0. The van der Waals surface area contributed by atoms with E-state index in [1.807, 2.05) is 6.20 Å². The zero-order chi connectivity index (χ0) is 6.81. The van der Waals surface area contributed by atoms with Crippen molar-refractivity contribution in [3.63, 3.8) is 0 Å². The number of aromatic nitrogens is 2. The molecule has 1 aliphatic heterocycles. The largest absolute Gasteiger partial charge is 0.463 e. The Hall–Kier alpha value is -1.32. The lowest BCUT2D eigenvalue weighted by atomic mass is 10.8. The number of aliphatic imine (C=N–C) groups is 1. The van der Waals surface area contributed by atoms with Gasteiger partial charge in [0.15, 0.2) is 0 Å². The van der Waals surface area contributed by atoms with Gasteiger partial charge >= 0.3 is 0 Å². The molecule has 0 spiro atoms. The van der Waals surface area contributed by atoms with E-state index in [0.717, 1.165) is 6.54 Å². The third-order valence-electron chi connectivity index (χ3n) is 1.29. The second-order valence-electron chi connectivity index (χ2n) is 1.98. The van der Waals surface area contributed by atoms with E-state index in [-0.39, 0.29) is 0 Å².